The summed E-state index contributed by atoms with van der Waals surface area (Å²) in [5, 5.41) is 11.9. The minimum atomic E-state index is -3.59. The molecule has 1 unspecified atom stereocenters. The Morgan fingerprint density at radius 1 is 0.974 bits per heavy atom. The maximum absolute atomic E-state index is 13.2. The third-order valence-corrected chi connectivity index (χ3v) is 9.66. The largest absolute Gasteiger partial charge is 0.325 e. The van der Waals surface area contributed by atoms with E-state index in [0.29, 0.717) is 29.6 Å². The molecule has 1 amide bonds. The van der Waals surface area contributed by atoms with Crippen LogP contribution in [0.3, 0.4) is 0 Å². The number of aryl methyl sites for hydroxylation is 1. The Balaban J connectivity index is 1.45. The zero-order valence-corrected chi connectivity index (χ0v) is 23.6. The fourth-order valence-corrected chi connectivity index (χ4v) is 6.93. The van der Waals surface area contributed by atoms with Crippen LogP contribution in [0.25, 0.3) is 17.1 Å². The second kappa shape index (κ2) is 11.7. The van der Waals surface area contributed by atoms with E-state index in [2.05, 4.69) is 22.4 Å². The Morgan fingerprint density at radius 2 is 1.69 bits per heavy atom. The fourth-order valence-electron chi connectivity index (χ4n) is 4.50. The number of benzene rings is 3. The van der Waals surface area contributed by atoms with Crippen LogP contribution >= 0.6 is 11.8 Å². The maximum atomic E-state index is 13.2. The second-order valence-electron chi connectivity index (χ2n) is 9.42. The van der Waals surface area contributed by atoms with E-state index in [1.165, 1.54) is 21.6 Å². The molecule has 1 aliphatic rings. The summed E-state index contributed by atoms with van der Waals surface area (Å²) in [4.78, 5) is 13.3. The van der Waals surface area contributed by atoms with E-state index in [1.807, 2.05) is 72.2 Å². The van der Waals surface area contributed by atoms with Gasteiger partial charge in [0.25, 0.3) is 0 Å². The number of amides is 1. The molecule has 3 aromatic carbocycles. The van der Waals surface area contributed by atoms with Crippen molar-refractivity contribution in [2.24, 2.45) is 0 Å². The molecule has 2 heterocycles. The van der Waals surface area contributed by atoms with Gasteiger partial charge >= 0.3 is 0 Å². The number of aromatic nitrogens is 3. The Hall–Kier alpha value is -3.47. The molecule has 0 bridgehead atoms. The highest BCUT2D eigenvalue weighted by molar-refractivity contribution is 8.00. The summed E-state index contributed by atoms with van der Waals surface area (Å²) >= 11 is 1.30. The monoisotopic (exact) mass is 561 g/mol. The fraction of sp³-hybridized carbons (Fsp3) is 0.276. The normalized spacial score (nSPS) is 14.8. The molecule has 1 saturated heterocycles. The molecule has 0 aliphatic carbocycles. The van der Waals surface area contributed by atoms with Crippen molar-refractivity contribution in [3.63, 3.8) is 0 Å². The predicted octanol–water partition coefficient (Wildman–Crippen LogP) is 5.40. The number of nitrogens with zero attached hydrogens (tertiary/aromatic N) is 4. The highest BCUT2D eigenvalue weighted by atomic mass is 32.2. The molecule has 8 nitrogen and oxygen atoms in total. The molecule has 1 N–H and O–H groups in total. The van der Waals surface area contributed by atoms with Crippen LogP contribution in [0, 0.1) is 0 Å². The van der Waals surface area contributed by atoms with E-state index >= 15 is 0 Å². The third kappa shape index (κ3) is 5.93. The van der Waals surface area contributed by atoms with Crippen molar-refractivity contribution in [3.05, 3.63) is 84.4 Å². The lowest BCUT2D eigenvalue weighted by Crippen LogP contribution is -2.27. The van der Waals surface area contributed by atoms with Crippen LogP contribution in [0.5, 0.6) is 0 Å². The molecule has 202 valence electrons. The molecule has 5 rings (SSSR count). The lowest BCUT2D eigenvalue weighted by molar-refractivity contribution is -0.115. The third-order valence-electron chi connectivity index (χ3n) is 6.72. The lowest BCUT2D eigenvalue weighted by atomic mass is 10.1. The zero-order chi connectivity index (χ0) is 27.4. The first-order valence-corrected chi connectivity index (χ1v) is 15.4. The summed E-state index contributed by atoms with van der Waals surface area (Å²) in [6, 6.07) is 24.3. The highest BCUT2D eigenvalue weighted by Gasteiger charge is 2.28. The van der Waals surface area contributed by atoms with Crippen molar-refractivity contribution in [2.45, 2.75) is 48.4 Å². The van der Waals surface area contributed by atoms with Gasteiger partial charge in [-0.1, -0.05) is 61.2 Å². The van der Waals surface area contributed by atoms with Gasteiger partial charge in [-0.2, -0.15) is 4.31 Å². The molecule has 4 aromatic rings. The number of carbonyl (C=O) groups is 1. The summed E-state index contributed by atoms with van der Waals surface area (Å²) in [7, 11) is -3.59. The van der Waals surface area contributed by atoms with E-state index in [1.54, 1.807) is 18.2 Å². The van der Waals surface area contributed by atoms with Crippen molar-refractivity contribution in [3.8, 4) is 17.1 Å². The Bertz CT molecular complexity index is 1550. The second-order valence-corrected chi connectivity index (χ2v) is 12.7. The topological polar surface area (TPSA) is 97.2 Å². The van der Waals surface area contributed by atoms with Crippen molar-refractivity contribution in [1.29, 1.82) is 0 Å². The molecule has 0 spiro atoms. The molecular weight excluding hydrogens is 530 g/mol. The molecular formula is C29H31N5O3S2. The minimum absolute atomic E-state index is 0.146. The Kier molecular flexibility index (Phi) is 8.15. The maximum Gasteiger partial charge on any atom is 0.243 e. The molecule has 1 aromatic heterocycles. The van der Waals surface area contributed by atoms with Gasteiger partial charge in [-0.15, -0.1) is 10.2 Å². The molecule has 1 aliphatic heterocycles. The van der Waals surface area contributed by atoms with Crippen molar-refractivity contribution in [2.75, 3.05) is 18.4 Å². The lowest BCUT2D eigenvalue weighted by Gasteiger charge is -2.16. The summed E-state index contributed by atoms with van der Waals surface area (Å²) in [6.45, 7) is 4.99. The zero-order valence-electron chi connectivity index (χ0n) is 21.9. The average Bonchev–Trinajstić information content (AvgIpc) is 3.65. The van der Waals surface area contributed by atoms with Gasteiger partial charge in [-0.3, -0.25) is 9.36 Å². The number of hydrogen-bond donors (Lipinski definition) is 1. The number of sulfonamides is 1. The molecule has 10 heteroatoms. The van der Waals surface area contributed by atoms with E-state index < -0.39 is 15.3 Å². The number of hydrogen-bond acceptors (Lipinski definition) is 6. The van der Waals surface area contributed by atoms with E-state index in [9.17, 15) is 13.2 Å². The standard InChI is InChI=1S/C29H31N5O3S2/c1-3-22-14-16-24(17-15-22)30-28(35)21(2)38-29-32-31-27(34(29)25-11-5-4-6-12-25)23-10-9-13-26(20-23)39(36,37)33-18-7-8-19-33/h4-6,9-17,20-21H,3,7-8,18-19H2,1-2H3,(H,30,35). The number of para-hydroxylation sites is 1. The summed E-state index contributed by atoms with van der Waals surface area (Å²) in [5.74, 6) is 0.358. The molecule has 1 atom stereocenters. The predicted molar refractivity (Wildman–Crippen MR) is 155 cm³/mol. The molecule has 39 heavy (non-hydrogen) atoms. The number of rotatable bonds is 9. The summed E-state index contributed by atoms with van der Waals surface area (Å²) in [5.41, 5.74) is 3.39. The van der Waals surface area contributed by atoms with Gasteiger partial charge < -0.3 is 5.32 Å². The minimum Gasteiger partial charge on any atom is -0.325 e. The van der Waals surface area contributed by atoms with E-state index in [-0.39, 0.29) is 10.8 Å². The average molecular weight is 562 g/mol. The van der Waals surface area contributed by atoms with Crippen molar-refractivity contribution < 1.29 is 13.2 Å². The van der Waals surface area contributed by atoms with Crippen molar-refractivity contribution >= 4 is 33.4 Å². The van der Waals surface area contributed by atoms with Crippen LogP contribution in [0.1, 0.15) is 32.3 Å². The van der Waals surface area contributed by atoms with Crippen molar-refractivity contribution in [1.82, 2.24) is 19.1 Å². The van der Waals surface area contributed by atoms with Crippen LogP contribution in [-0.4, -0.2) is 51.7 Å². The van der Waals surface area contributed by atoms with Gasteiger partial charge in [0.1, 0.15) is 0 Å². The van der Waals surface area contributed by atoms with Gasteiger partial charge in [0.05, 0.1) is 10.1 Å². The number of nitrogens with one attached hydrogen (secondary N) is 1. The van der Waals surface area contributed by atoms with Gasteiger partial charge in [0, 0.05) is 30.0 Å². The summed E-state index contributed by atoms with van der Waals surface area (Å²) < 4.78 is 29.8. The van der Waals surface area contributed by atoms with E-state index in [0.717, 1.165) is 30.6 Å². The number of carbonyl (C=O) groups excluding carboxylic acids is 1. The first kappa shape index (κ1) is 27.1. The Morgan fingerprint density at radius 3 is 2.38 bits per heavy atom. The van der Waals surface area contributed by atoms with Crippen LogP contribution in [0.2, 0.25) is 0 Å². The number of anilines is 1. The quantitative estimate of drug-likeness (QED) is 0.275. The van der Waals surface area contributed by atoms with E-state index in [4.69, 9.17) is 0 Å². The van der Waals surface area contributed by atoms with Crippen LogP contribution in [0.4, 0.5) is 5.69 Å². The van der Waals surface area contributed by atoms with Gasteiger partial charge in [0.2, 0.25) is 15.9 Å². The first-order valence-electron chi connectivity index (χ1n) is 13.0. The van der Waals surface area contributed by atoms with Crippen LogP contribution in [0.15, 0.2) is 88.9 Å². The van der Waals surface area contributed by atoms with Gasteiger partial charge in [-0.05, 0) is 68.1 Å². The smallest absolute Gasteiger partial charge is 0.243 e. The molecule has 0 saturated carbocycles. The summed E-state index contributed by atoms with van der Waals surface area (Å²) in [6.07, 6.45) is 2.68. The van der Waals surface area contributed by atoms with Gasteiger partial charge in [0.15, 0.2) is 11.0 Å². The molecule has 0 radical (unpaired) electrons. The highest BCUT2D eigenvalue weighted by Crippen LogP contribution is 2.32. The van der Waals surface area contributed by atoms with Crippen LogP contribution < -0.4 is 5.32 Å². The molecule has 1 fully saturated rings. The van der Waals surface area contributed by atoms with Gasteiger partial charge in [-0.25, -0.2) is 8.42 Å². The van der Waals surface area contributed by atoms with Crippen LogP contribution in [-0.2, 0) is 21.2 Å². The Labute approximate surface area is 233 Å². The number of thioether (sulfide) groups is 1. The SMILES string of the molecule is CCc1ccc(NC(=O)C(C)Sc2nnc(-c3cccc(S(=O)(=O)N4CCCC4)c3)n2-c2ccccc2)cc1. The first-order chi connectivity index (χ1) is 18.9.